The highest BCUT2D eigenvalue weighted by Crippen LogP contribution is 2.09. The number of hydrogen-bond donors (Lipinski definition) is 1. The van der Waals surface area contributed by atoms with Crippen LogP contribution in [-0.2, 0) is 0 Å². The molecule has 2 rings (SSSR count). The molecular formula is C15H16ClNO2. The second-order valence-corrected chi connectivity index (χ2v) is 4.55. The third-order valence-corrected chi connectivity index (χ3v) is 2.66. The molecule has 0 aliphatic carbocycles. The zero-order valence-electron chi connectivity index (χ0n) is 10.7. The van der Waals surface area contributed by atoms with Crippen molar-refractivity contribution in [2.45, 2.75) is 13.0 Å². The standard InChI is InChI=1S/C8H11N.C7H5ClO2/c1-7(9)8-5-3-2-4-6-8;8-6-3-1-2-5(4-6)7(9)10/h2-7H,9H2,1H3;1-4H,(H,9,10)/t7-;/m1./s1. The van der Waals surface area contributed by atoms with Crippen LogP contribution in [0.3, 0.4) is 0 Å². The van der Waals surface area contributed by atoms with E-state index in [1.165, 1.54) is 17.7 Å². The first-order valence-corrected chi connectivity index (χ1v) is 6.23. The lowest BCUT2D eigenvalue weighted by Gasteiger charge is -2.00. The Kier molecular flexibility index (Phi) is 6.06. The van der Waals surface area contributed by atoms with Crippen molar-refractivity contribution in [3.63, 3.8) is 0 Å². The summed E-state index contributed by atoms with van der Waals surface area (Å²) in [5.74, 6) is -1.21. The summed E-state index contributed by atoms with van der Waals surface area (Å²) in [5, 5.41) is 10.6. The largest absolute Gasteiger partial charge is 0.545 e. The number of rotatable bonds is 2. The smallest absolute Gasteiger partial charge is 0.107 e. The molecule has 0 aliphatic rings. The summed E-state index contributed by atoms with van der Waals surface area (Å²) in [7, 11) is 0. The van der Waals surface area contributed by atoms with Gasteiger partial charge >= 0.3 is 0 Å². The molecule has 0 aromatic heterocycles. The summed E-state index contributed by atoms with van der Waals surface area (Å²) in [6.07, 6.45) is 0. The number of benzene rings is 2. The van der Waals surface area contributed by atoms with E-state index in [0.717, 1.165) is 0 Å². The molecule has 0 bridgehead atoms. The lowest BCUT2D eigenvalue weighted by molar-refractivity contribution is -0.420. The van der Waals surface area contributed by atoms with Gasteiger partial charge in [0.25, 0.3) is 0 Å². The molecule has 4 heteroatoms. The first-order valence-electron chi connectivity index (χ1n) is 5.85. The number of carboxylic acid groups (broad SMARTS) is 1. The maximum absolute atomic E-state index is 10.2. The van der Waals surface area contributed by atoms with E-state index in [0.29, 0.717) is 11.1 Å². The molecule has 3 nitrogen and oxygen atoms in total. The van der Waals surface area contributed by atoms with Gasteiger partial charge < -0.3 is 15.6 Å². The van der Waals surface area contributed by atoms with Crippen molar-refractivity contribution in [2.75, 3.05) is 0 Å². The van der Waals surface area contributed by atoms with E-state index in [1.807, 2.05) is 18.2 Å². The van der Waals surface area contributed by atoms with Crippen molar-refractivity contribution >= 4 is 17.6 Å². The summed E-state index contributed by atoms with van der Waals surface area (Å²) >= 11 is 5.50. The van der Waals surface area contributed by atoms with Crippen LogP contribution in [0.4, 0.5) is 0 Å². The first-order chi connectivity index (χ1) is 9.00. The van der Waals surface area contributed by atoms with Crippen LogP contribution in [0, 0.1) is 0 Å². The van der Waals surface area contributed by atoms with E-state index in [2.05, 4.69) is 24.8 Å². The molecule has 0 aliphatic heterocycles. The second kappa shape index (κ2) is 7.56. The number of hydrogen-bond acceptors (Lipinski definition) is 2. The van der Waals surface area contributed by atoms with Crippen LogP contribution in [0.5, 0.6) is 0 Å². The van der Waals surface area contributed by atoms with Gasteiger partial charge in [0.05, 0.1) is 5.97 Å². The molecule has 2 aromatic rings. The van der Waals surface area contributed by atoms with Crippen molar-refractivity contribution < 1.29 is 15.6 Å². The molecule has 1 atom stereocenters. The van der Waals surface area contributed by atoms with E-state index in [1.54, 1.807) is 12.1 Å². The average Bonchev–Trinajstić information content (AvgIpc) is 2.40. The van der Waals surface area contributed by atoms with Crippen molar-refractivity contribution in [1.29, 1.82) is 0 Å². The quantitative estimate of drug-likeness (QED) is 0.908. The monoisotopic (exact) mass is 277 g/mol. The predicted octanol–water partition coefficient (Wildman–Crippen LogP) is 1.69. The summed E-state index contributed by atoms with van der Waals surface area (Å²) in [6, 6.07) is 16.6. The van der Waals surface area contributed by atoms with Crippen LogP contribution in [0.1, 0.15) is 28.9 Å². The minimum Gasteiger partial charge on any atom is -0.545 e. The number of carbonyl (C=O) groups is 1. The SMILES string of the molecule is C[C@@H]([NH3+])c1ccccc1.O=C([O-])c1cccc(Cl)c1. The lowest BCUT2D eigenvalue weighted by atomic mass is 10.1. The molecule has 0 heterocycles. The predicted molar refractivity (Wildman–Crippen MR) is 73.5 cm³/mol. The Labute approximate surface area is 117 Å². The van der Waals surface area contributed by atoms with Crippen LogP contribution in [0.25, 0.3) is 0 Å². The molecule has 100 valence electrons. The van der Waals surface area contributed by atoms with Crippen molar-refractivity contribution in [3.8, 4) is 0 Å². The van der Waals surface area contributed by atoms with E-state index in [-0.39, 0.29) is 5.56 Å². The van der Waals surface area contributed by atoms with Gasteiger partial charge in [-0.2, -0.15) is 0 Å². The van der Waals surface area contributed by atoms with Crippen LogP contribution in [0.15, 0.2) is 54.6 Å². The molecule has 2 aromatic carbocycles. The molecule has 0 saturated carbocycles. The van der Waals surface area contributed by atoms with E-state index < -0.39 is 5.97 Å². The zero-order valence-corrected chi connectivity index (χ0v) is 11.4. The normalized spacial score (nSPS) is 11.1. The molecule has 0 saturated heterocycles. The van der Waals surface area contributed by atoms with Gasteiger partial charge in [-0.05, 0) is 24.6 Å². The molecule has 0 amide bonds. The highest BCUT2D eigenvalue weighted by Gasteiger charge is 1.97. The Morgan fingerprint density at radius 2 is 1.79 bits per heavy atom. The first kappa shape index (κ1) is 15.2. The molecule has 0 radical (unpaired) electrons. The molecular weight excluding hydrogens is 262 g/mol. The summed E-state index contributed by atoms with van der Waals surface area (Å²) < 4.78 is 0. The highest BCUT2D eigenvalue weighted by molar-refractivity contribution is 6.30. The maximum atomic E-state index is 10.2. The van der Waals surface area contributed by atoms with Crippen molar-refractivity contribution in [2.24, 2.45) is 0 Å². The third kappa shape index (κ3) is 5.55. The van der Waals surface area contributed by atoms with Gasteiger partial charge in [-0.15, -0.1) is 0 Å². The minimum atomic E-state index is -1.21. The highest BCUT2D eigenvalue weighted by atomic mass is 35.5. The van der Waals surface area contributed by atoms with Crippen molar-refractivity contribution in [3.05, 3.63) is 70.7 Å². The third-order valence-electron chi connectivity index (χ3n) is 2.43. The van der Waals surface area contributed by atoms with Crippen LogP contribution in [0.2, 0.25) is 5.02 Å². The summed E-state index contributed by atoms with van der Waals surface area (Å²) in [5.41, 5.74) is 5.32. The fraction of sp³-hybridized carbons (Fsp3) is 0.133. The van der Waals surface area contributed by atoms with E-state index in [4.69, 9.17) is 11.6 Å². The lowest BCUT2D eigenvalue weighted by Crippen LogP contribution is -2.51. The Morgan fingerprint density at radius 1 is 1.16 bits per heavy atom. The van der Waals surface area contributed by atoms with Gasteiger partial charge in [-0.1, -0.05) is 54.1 Å². The fourth-order valence-electron chi connectivity index (χ4n) is 1.40. The van der Waals surface area contributed by atoms with E-state index in [9.17, 15) is 9.90 Å². The van der Waals surface area contributed by atoms with Crippen LogP contribution in [-0.4, -0.2) is 5.97 Å². The fourth-order valence-corrected chi connectivity index (χ4v) is 1.59. The summed E-state index contributed by atoms with van der Waals surface area (Å²) in [4.78, 5) is 10.2. The van der Waals surface area contributed by atoms with Crippen LogP contribution < -0.4 is 10.8 Å². The zero-order chi connectivity index (χ0) is 14.3. The molecule has 19 heavy (non-hydrogen) atoms. The number of quaternary nitrogens is 1. The van der Waals surface area contributed by atoms with Gasteiger partial charge in [-0.3, -0.25) is 0 Å². The topological polar surface area (TPSA) is 67.8 Å². The molecule has 3 N–H and O–H groups in total. The molecule has 0 spiro atoms. The number of aromatic carboxylic acids is 1. The number of carboxylic acids is 1. The van der Waals surface area contributed by atoms with Gasteiger partial charge in [0, 0.05) is 10.6 Å². The maximum Gasteiger partial charge on any atom is 0.107 e. The Balaban J connectivity index is 0.000000191. The summed E-state index contributed by atoms with van der Waals surface area (Å²) in [6.45, 7) is 2.09. The Morgan fingerprint density at radius 3 is 2.16 bits per heavy atom. The van der Waals surface area contributed by atoms with Gasteiger partial charge in [0.1, 0.15) is 6.04 Å². The second-order valence-electron chi connectivity index (χ2n) is 4.11. The minimum absolute atomic E-state index is 0.104. The van der Waals surface area contributed by atoms with Gasteiger partial charge in [0.2, 0.25) is 0 Å². The molecule has 0 fully saturated rings. The Bertz CT molecular complexity index is 527. The van der Waals surface area contributed by atoms with Crippen molar-refractivity contribution in [1.82, 2.24) is 0 Å². The Hall–Kier alpha value is -1.84. The van der Waals surface area contributed by atoms with Gasteiger partial charge in [0.15, 0.2) is 0 Å². The van der Waals surface area contributed by atoms with E-state index >= 15 is 0 Å². The molecule has 0 unspecified atom stereocenters. The number of halogens is 1. The van der Waals surface area contributed by atoms with Gasteiger partial charge in [-0.25, -0.2) is 0 Å². The van der Waals surface area contributed by atoms with Crippen LogP contribution >= 0.6 is 11.6 Å². The average molecular weight is 278 g/mol. The number of carbonyl (C=O) groups excluding carboxylic acids is 1.